The molecular formula is C31H44Cl4N8O3. The summed E-state index contributed by atoms with van der Waals surface area (Å²) in [4.78, 5) is 33.7. The number of ketones is 1. The van der Waals surface area contributed by atoms with Crippen molar-refractivity contribution >= 4 is 67.1 Å². The van der Waals surface area contributed by atoms with Crippen LogP contribution in [0, 0.1) is 6.92 Å². The maximum atomic E-state index is 13.8. The number of likely N-dealkylation sites (N-methyl/N-ethyl adjacent to an activating group) is 2. The largest absolute Gasteiger partial charge is 0.492 e. The zero-order valence-corrected chi connectivity index (χ0v) is 29.6. The number of amides is 2. The molecule has 11 nitrogen and oxygen atoms in total. The van der Waals surface area contributed by atoms with Crippen molar-refractivity contribution in [3.63, 3.8) is 0 Å². The third-order valence-corrected chi connectivity index (χ3v) is 8.51. The van der Waals surface area contributed by atoms with E-state index in [0.717, 1.165) is 75.8 Å². The number of urea groups is 1. The summed E-state index contributed by atoms with van der Waals surface area (Å²) < 4.78 is 6.11. The predicted octanol–water partition coefficient (Wildman–Crippen LogP) is 4.58. The van der Waals surface area contributed by atoms with Gasteiger partial charge in [-0.3, -0.25) is 20.2 Å². The lowest BCUT2D eigenvalue weighted by atomic mass is 10.00. The average molecular weight is 719 g/mol. The smallest absolute Gasteiger partial charge is 0.333 e. The van der Waals surface area contributed by atoms with Crippen LogP contribution >= 0.6 is 49.6 Å². The minimum atomic E-state index is -0.360. The molecule has 0 unspecified atom stereocenters. The molecule has 46 heavy (non-hydrogen) atoms. The van der Waals surface area contributed by atoms with Gasteiger partial charge in [-0.2, -0.15) is 5.10 Å². The van der Waals surface area contributed by atoms with Gasteiger partial charge in [-0.25, -0.2) is 9.80 Å². The summed E-state index contributed by atoms with van der Waals surface area (Å²) in [5.41, 5.74) is 8.27. The minimum absolute atomic E-state index is 0. The highest BCUT2D eigenvalue weighted by molar-refractivity contribution is 6.27. The number of hydrogen-bond acceptors (Lipinski definition) is 8. The number of halogens is 4. The highest BCUT2D eigenvalue weighted by Gasteiger charge is 2.35. The van der Waals surface area contributed by atoms with Crippen molar-refractivity contribution in [2.45, 2.75) is 13.3 Å². The van der Waals surface area contributed by atoms with Gasteiger partial charge in [0.05, 0.1) is 22.5 Å². The number of benzene rings is 2. The van der Waals surface area contributed by atoms with Crippen LogP contribution in [0.1, 0.15) is 27.9 Å². The van der Waals surface area contributed by atoms with Crippen LogP contribution < -0.4 is 15.5 Å². The van der Waals surface area contributed by atoms with Gasteiger partial charge in [0.1, 0.15) is 18.1 Å². The summed E-state index contributed by atoms with van der Waals surface area (Å²) in [6.45, 7) is 11.2. The Morgan fingerprint density at radius 3 is 2.35 bits per heavy atom. The second kappa shape index (κ2) is 17.5. The molecule has 6 rings (SSSR count). The van der Waals surface area contributed by atoms with Crippen LogP contribution in [-0.2, 0) is 0 Å². The maximum absolute atomic E-state index is 13.8. The van der Waals surface area contributed by atoms with Crippen LogP contribution in [-0.4, -0.2) is 121 Å². The monoisotopic (exact) mass is 716 g/mol. The molecule has 1 aromatic heterocycles. The van der Waals surface area contributed by atoms with Crippen molar-refractivity contribution in [2.75, 3.05) is 84.9 Å². The van der Waals surface area contributed by atoms with E-state index in [-0.39, 0.29) is 61.4 Å². The molecule has 2 amide bonds. The number of fused-ring (bicyclic) bond motifs is 3. The van der Waals surface area contributed by atoms with Crippen molar-refractivity contribution in [3.05, 3.63) is 53.1 Å². The van der Waals surface area contributed by atoms with Gasteiger partial charge in [0.2, 0.25) is 0 Å². The summed E-state index contributed by atoms with van der Waals surface area (Å²) in [7, 11) is 4.24. The Morgan fingerprint density at radius 1 is 0.891 bits per heavy atom. The first-order valence-electron chi connectivity index (χ1n) is 14.8. The molecule has 3 aromatic rings. The molecule has 0 bridgehead atoms. The van der Waals surface area contributed by atoms with Crippen LogP contribution in [0.5, 0.6) is 5.75 Å². The second-order valence-corrected chi connectivity index (χ2v) is 11.6. The van der Waals surface area contributed by atoms with Crippen LogP contribution in [0.4, 0.5) is 10.5 Å². The number of hydrogen-bond donors (Lipinski definition) is 3. The highest BCUT2D eigenvalue weighted by Crippen LogP contribution is 2.43. The Bertz CT molecular complexity index is 1480. The highest BCUT2D eigenvalue weighted by atomic mass is 35.5. The first-order chi connectivity index (χ1) is 20.4. The molecular weight excluding hydrogens is 674 g/mol. The third-order valence-electron chi connectivity index (χ3n) is 8.51. The van der Waals surface area contributed by atoms with Crippen molar-refractivity contribution < 1.29 is 14.3 Å². The van der Waals surface area contributed by atoms with E-state index < -0.39 is 0 Å². The van der Waals surface area contributed by atoms with Crippen molar-refractivity contribution in [1.82, 2.24) is 35.3 Å². The van der Waals surface area contributed by atoms with E-state index in [0.29, 0.717) is 40.4 Å². The topological polar surface area (TPSA) is 109 Å². The molecule has 3 N–H and O–H groups in total. The number of rotatable bonds is 7. The normalized spacial score (nSPS) is 16.8. The van der Waals surface area contributed by atoms with Gasteiger partial charge in [-0.1, -0.05) is 12.1 Å². The molecule has 0 saturated carbocycles. The molecule has 2 aliphatic heterocycles. The molecule has 2 fully saturated rings. The second-order valence-electron chi connectivity index (χ2n) is 11.6. The van der Waals surface area contributed by atoms with Crippen molar-refractivity contribution in [2.24, 2.45) is 0 Å². The Labute approximate surface area is 295 Å². The number of carbonyl (C=O) groups is 2. The number of nitrogens with one attached hydrogen (secondary N) is 3. The standard InChI is InChI=1S/C31H40N8O3.4ClH/c1-21-20-22(42-19-18-38-11-5-10-36(2)12-15-38)8-9-23(21)28-27-29(34-33-28)24-6-4-7-25(26(24)30(27)40)32-31(41)35-39-16-13-37(3)14-17-39;;;;/h4,6-9,20H,5,10-19H2,1-3H3,(H,33,34)(H2,32,35,41);4*1H. The lowest BCUT2D eigenvalue weighted by Gasteiger charge is -2.32. The molecule has 0 spiro atoms. The number of anilines is 1. The predicted molar refractivity (Wildman–Crippen MR) is 192 cm³/mol. The van der Waals surface area contributed by atoms with Gasteiger partial charge in [0, 0.05) is 56.9 Å². The van der Waals surface area contributed by atoms with E-state index in [9.17, 15) is 9.59 Å². The summed E-state index contributed by atoms with van der Waals surface area (Å²) in [5, 5.41) is 12.4. The molecule has 2 saturated heterocycles. The SMILES string of the molecule is Cc1cc(OCCN2CCCN(C)CC2)ccc1-c1[nH]nc2c1C(=O)c1c(NC(=O)NN3CCN(C)CC3)cccc1-2.Cl.Cl.Cl.Cl. The number of H-pyrrole nitrogens is 1. The molecule has 2 aromatic carbocycles. The maximum Gasteiger partial charge on any atom is 0.333 e. The molecule has 0 atom stereocenters. The number of carbonyl (C=O) groups excluding carboxylic acids is 2. The Morgan fingerprint density at radius 2 is 1.61 bits per heavy atom. The van der Waals surface area contributed by atoms with E-state index in [2.05, 4.69) is 49.7 Å². The number of aromatic amines is 1. The fraction of sp³-hybridized carbons (Fsp3) is 0.452. The molecule has 1 aliphatic carbocycles. The minimum Gasteiger partial charge on any atom is -0.492 e. The third kappa shape index (κ3) is 8.64. The van der Waals surface area contributed by atoms with E-state index >= 15 is 0 Å². The fourth-order valence-electron chi connectivity index (χ4n) is 6.01. The molecule has 3 heterocycles. The first kappa shape index (κ1) is 39.6. The lowest BCUT2D eigenvalue weighted by Crippen LogP contribution is -2.53. The quantitative estimate of drug-likeness (QED) is 0.255. The van der Waals surface area contributed by atoms with Gasteiger partial charge in [0.25, 0.3) is 0 Å². The Kier molecular flexibility index (Phi) is 15.1. The van der Waals surface area contributed by atoms with Gasteiger partial charge in [-0.05, 0) is 70.4 Å². The molecule has 3 aliphatic rings. The summed E-state index contributed by atoms with van der Waals surface area (Å²) >= 11 is 0. The van der Waals surface area contributed by atoms with Crippen molar-refractivity contribution in [3.8, 4) is 28.3 Å². The van der Waals surface area contributed by atoms with Crippen LogP contribution in [0.2, 0.25) is 0 Å². The van der Waals surface area contributed by atoms with Gasteiger partial charge in [-0.15, -0.1) is 49.6 Å². The van der Waals surface area contributed by atoms with Gasteiger partial charge < -0.3 is 19.9 Å². The summed E-state index contributed by atoms with van der Waals surface area (Å²) in [6.07, 6.45) is 1.18. The van der Waals surface area contributed by atoms with Crippen molar-refractivity contribution in [1.29, 1.82) is 0 Å². The van der Waals surface area contributed by atoms with Gasteiger partial charge >= 0.3 is 6.03 Å². The Hall–Kier alpha value is -2.61. The zero-order valence-electron chi connectivity index (χ0n) is 26.3. The average Bonchev–Trinajstić information content (AvgIpc) is 3.45. The molecule has 15 heteroatoms. The van der Waals surface area contributed by atoms with E-state index in [4.69, 9.17) is 4.74 Å². The van der Waals surface area contributed by atoms with Crippen LogP contribution in [0.15, 0.2) is 36.4 Å². The molecule has 0 radical (unpaired) electrons. The van der Waals surface area contributed by atoms with Crippen LogP contribution in [0.3, 0.4) is 0 Å². The lowest BCUT2D eigenvalue weighted by molar-refractivity contribution is 0.104. The number of aryl methyl sites for hydroxylation is 1. The number of ether oxygens (including phenoxy) is 1. The van der Waals surface area contributed by atoms with E-state index in [1.54, 1.807) is 6.07 Å². The van der Waals surface area contributed by atoms with E-state index in [1.165, 1.54) is 6.42 Å². The number of aromatic nitrogens is 2. The molecule has 254 valence electrons. The number of nitrogens with zero attached hydrogens (tertiary/aromatic N) is 5. The first-order valence-corrected chi connectivity index (χ1v) is 14.8. The summed E-state index contributed by atoms with van der Waals surface area (Å²) in [6, 6.07) is 11.1. The van der Waals surface area contributed by atoms with E-state index in [1.807, 2.05) is 42.3 Å². The van der Waals surface area contributed by atoms with Crippen LogP contribution in [0.25, 0.3) is 22.5 Å². The number of piperazine rings is 1. The van der Waals surface area contributed by atoms with Gasteiger partial charge in [0.15, 0.2) is 5.78 Å². The summed E-state index contributed by atoms with van der Waals surface area (Å²) in [5.74, 6) is 0.661. The fourth-order valence-corrected chi connectivity index (χ4v) is 6.01. The Balaban J connectivity index is 0.00000184. The number of hydrazine groups is 1. The zero-order chi connectivity index (χ0) is 29.2.